The first-order chi connectivity index (χ1) is 13.1. The average molecular weight is 381 g/mol. The number of aromatic nitrogens is 1. The van der Waals surface area contributed by atoms with Gasteiger partial charge in [-0.15, -0.1) is 0 Å². The third-order valence-electron chi connectivity index (χ3n) is 4.53. The predicted molar refractivity (Wildman–Crippen MR) is 111 cm³/mol. The largest absolute Gasteiger partial charge is 0.377 e. The smallest absolute Gasteiger partial charge is 0.336 e. The molecule has 0 N–H and O–H groups in total. The number of benzene rings is 2. The van der Waals surface area contributed by atoms with E-state index in [4.69, 9.17) is 9.05 Å². The van der Waals surface area contributed by atoms with Crippen LogP contribution < -0.4 is 5.44 Å². The monoisotopic (exact) mass is 381 g/mol. The van der Waals surface area contributed by atoms with Crippen LogP contribution in [0.15, 0.2) is 66.9 Å². The van der Waals surface area contributed by atoms with Crippen molar-refractivity contribution in [3.05, 3.63) is 89.1 Å². The van der Waals surface area contributed by atoms with E-state index in [-0.39, 0.29) is 0 Å². The standard InChI is InChI=1S/C22H24NO3P/c1-18-21(15-14-19-10-6-4-7-11-19)17-23(16-20-12-8-5-9-13-20)22(18)27(24,25-2)26-3/h4-15,17H,16H2,1-3H3/b15-14+. The van der Waals surface area contributed by atoms with Crippen molar-refractivity contribution in [1.82, 2.24) is 4.57 Å². The van der Waals surface area contributed by atoms with Crippen molar-refractivity contribution in [3.63, 3.8) is 0 Å². The second-order valence-electron chi connectivity index (χ2n) is 6.25. The van der Waals surface area contributed by atoms with Gasteiger partial charge in [0.15, 0.2) is 0 Å². The molecule has 140 valence electrons. The number of rotatable bonds is 7. The van der Waals surface area contributed by atoms with Gasteiger partial charge in [-0.05, 0) is 29.2 Å². The minimum atomic E-state index is -3.39. The van der Waals surface area contributed by atoms with Crippen molar-refractivity contribution in [3.8, 4) is 0 Å². The van der Waals surface area contributed by atoms with Gasteiger partial charge in [-0.25, -0.2) is 0 Å². The normalized spacial score (nSPS) is 12.0. The molecule has 5 heteroatoms. The van der Waals surface area contributed by atoms with Crippen LogP contribution in [-0.4, -0.2) is 18.8 Å². The molecule has 0 aliphatic carbocycles. The Morgan fingerprint density at radius 1 is 0.926 bits per heavy atom. The molecule has 0 radical (unpaired) electrons. The van der Waals surface area contributed by atoms with Crippen LogP contribution in [0.5, 0.6) is 0 Å². The lowest BCUT2D eigenvalue weighted by molar-refractivity contribution is 0.285. The second-order valence-corrected chi connectivity index (χ2v) is 8.40. The summed E-state index contributed by atoms with van der Waals surface area (Å²) >= 11 is 0. The minimum Gasteiger partial charge on any atom is -0.336 e. The highest BCUT2D eigenvalue weighted by atomic mass is 31.2. The first-order valence-electron chi connectivity index (χ1n) is 8.76. The molecule has 0 spiro atoms. The Kier molecular flexibility index (Phi) is 6.12. The second kappa shape index (κ2) is 8.53. The van der Waals surface area contributed by atoms with Crippen LogP contribution >= 0.6 is 7.60 Å². The van der Waals surface area contributed by atoms with E-state index in [1.165, 1.54) is 14.2 Å². The van der Waals surface area contributed by atoms with Gasteiger partial charge in [0.1, 0.15) is 5.44 Å². The average Bonchev–Trinajstić information content (AvgIpc) is 3.03. The van der Waals surface area contributed by atoms with Gasteiger partial charge in [-0.3, -0.25) is 4.57 Å². The Bertz CT molecular complexity index is 954. The summed E-state index contributed by atoms with van der Waals surface area (Å²) in [5.74, 6) is 0. The molecule has 4 nitrogen and oxygen atoms in total. The lowest BCUT2D eigenvalue weighted by atomic mass is 10.1. The molecule has 0 aliphatic heterocycles. The van der Waals surface area contributed by atoms with Crippen molar-refractivity contribution in [2.45, 2.75) is 13.5 Å². The van der Waals surface area contributed by atoms with E-state index in [0.29, 0.717) is 12.0 Å². The lowest BCUT2D eigenvalue weighted by Crippen LogP contribution is -2.21. The molecule has 27 heavy (non-hydrogen) atoms. The fourth-order valence-corrected chi connectivity index (χ4v) is 4.58. The van der Waals surface area contributed by atoms with Crippen LogP contribution in [0.3, 0.4) is 0 Å². The molecule has 3 rings (SSSR count). The van der Waals surface area contributed by atoms with Crippen molar-refractivity contribution in [2.75, 3.05) is 14.2 Å². The van der Waals surface area contributed by atoms with E-state index in [9.17, 15) is 4.57 Å². The van der Waals surface area contributed by atoms with Crippen molar-refractivity contribution in [1.29, 1.82) is 0 Å². The molecule has 0 aliphatic rings. The molecule has 0 bridgehead atoms. The zero-order valence-electron chi connectivity index (χ0n) is 15.8. The molecular weight excluding hydrogens is 357 g/mol. The summed E-state index contributed by atoms with van der Waals surface area (Å²) in [5, 5.41) is 0. The molecule has 1 heterocycles. The first-order valence-corrected chi connectivity index (χ1v) is 10.3. The van der Waals surface area contributed by atoms with Crippen molar-refractivity contribution >= 4 is 25.2 Å². The minimum absolute atomic E-state index is 0.587. The molecule has 0 atom stereocenters. The van der Waals surface area contributed by atoms with Gasteiger partial charge >= 0.3 is 7.60 Å². The van der Waals surface area contributed by atoms with E-state index in [0.717, 1.165) is 22.3 Å². The highest BCUT2D eigenvalue weighted by Gasteiger charge is 2.32. The highest BCUT2D eigenvalue weighted by Crippen LogP contribution is 2.47. The Labute approximate surface area is 160 Å². The maximum atomic E-state index is 13.2. The van der Waals surface area contributed by atoms with Gasteiger partial charge in [0.2, 0.25) is 0 Å². The Morgan fingerprint density at radius 2 is 1.52 bits per heavy atom. The summed E-state index contributed by atoms with van der Waals surface area (Å²) in [6.07, 6.45) is 6.08. The quantitative estimate of drug-likeness (QED) is 0.533. The van der Waals surface area contributed by atoms with Gasteiger partial charge in [-0.1, -0.05) is 72.8 Å². The summed E-state index contributed by atoms with van der Waals surface area (Å²) < 4.78 is 25.7. The maximum Gasteiger partial charge on any atom is 0.377 e. The third-order valence-corrected chi connectivity index (χ3v) is 6.60. The predicted octanol–water partition coefficient (Wildman–Crippen LogP) is 5.13. The van der Waals surface area contributed by atoms with Crippen LogP contribution in [0.4, 0.5) is 0 Å². The molecule has 0 fully saturated rings. The van der Waals surface area contributed by atoms with Crippen LogP contribution in [0, 0.1) is 6.92 Å². The third kappa shape index (κ3) is 4.30. The van der Waals surface area contributed by atoms with E-state index in [2.05, 4.69) is 0 Å². The van der Waals surface area contributed by atoms with E-state index >= 15 is 0 Å². The van der Waals surface area contributed by atoms with Crippen LogP contribution in [0.25, 0.3) is 12.2 Å². The zero-order chi connectivity index (χ0) is 19.3. The fourth-order valence-electron chi connectivity index (χ4n) is 3.10. The van der Waals surface area contributed by atoms with E-state index in [1.807, 2.05) is 90.5 Å². The number of hydrogen-bond acceptors (Lipinski definition) is 3. The Morgan fingerprint density at radius 3 is 2.11 bits per heavy atom. The highest BCUT2D eigenvalue weighted by molar-refractivity contribution is 7.62. The summed E-state index contributed by atoms with van der Waals surface area (Å²) in [6.45, 7) is 2.54. The molecule has 0 unspecified atom stereocenters. The summed E-state index contributed by atoms with van der Waals surface area (Å²) in [6, 6.07) is 20.1. The van der Waals surface area contributed by atoms with E-state index in [1.54, 1.807) is 0 Å². The van der Waals surface area contributed by atoms with Crippen LogP contribution in [0.2, 0.25) is 0 Å². The lowest BCUT2D eigenvalue weighted by Gasteiger charge is -2.17. The molecule has 0 saturated heterocycles. The Hall–Kier alpha value is -2.39. The molecule has 2 aromatic carbocycles. The van der Waals surface area contributed by atoms with Crippen molar-refractivity contribution in [2.24, 2.45) is 0 Å². The van der Waals surface area contributed by atoms with Gasteiger partial charge in [0.05, 0.1) is 0 Å². The van der Waals surface area contributed by atoms with E-state index < -0.39 is 7.60 Å². The SMILES string of the molecule is COP(=O)(OC)c1c(C)c(/C=C/c2ccccc2)cn1Cc1ccccc1. The Balaban J connectivity index is 2.05. The number of hydrogen-bond donors (Lipinski definition) is 0. The van der Waals surface area contributed by atoms with Gasteiger partial charge in [0.25, 0.3) is 0 Å². The summed E-state index contributed by atoms with van der Waals surface area (Å²) in [4.78, 5) is 0. The van der Waals surface area contributed by atoms with Gasteiger partial charge in [-0.2, -0.15) is 0 Å². The van der Waals surface area contributed by atoms with Gasteiger partial charge < -0.3 is 13.6 Å². The first kappa shape index (κ1) is 19.4. The van der Waals surface area contributed by atoms with Gasteiger partial charge in [0, 0.05) is 27.0 Å². The molecule has 1 aromatic heterocycles. The zero-order valence-corrected chi connectivity index (χ0v) is 16.7. The number of nitrogens with zero attached hydrogens (tertiary/aromatic N) is 1. The topological polar surface area (TPSA) is 40.5 Å². The molecular formula is C22H24NO3P. The fraction of sp³-hybridized carbons (Fsp3) is 0.182. The maximum absolute atomic E-state index is 13.2. The molecule has 0 amide bonds. The van der Waals surface area contributed by atoms with Crippen LogP contribution in [-0.2, 0) is 20.2 Å². The summed E-state index contributed by atoms with van der Waals surface area (Å²) in [7, 11) is -0.552. The van der Waals surface area contributed by atoms with Crippen molar-refractivity contribution < 1.29 is 13.6 Å². The van der Waals surface area contributed by atoms with Crippen LogP contribution in [0.1, 0.15) is 22.3 Å². The summed E-state index contributed by atoms with van der Waals surface area (Å²) in [5.41, 5.74) is 4.69. The molecule has 0 saturated carbocycles. The molecule has 3 aromatic rings.